The first-order chi connectivity index (χ1) is 9.29. The molecule has 0 bridgehead atoms. The van der Waals surface area contributed by atoms with Crippen LogP contribution in [0.25, 0.3) is 0 Å². The van der Waals surface area contributed by atoms with E-state index in [0.29, 0.717) is 12.2 Å². The Morgan fingerprint density at radius 2 is 2.00 bits per heavy atom. The average molecular weight is 263 g/mol. The van der Waals surface area contributed by atoms with Gasteiger partial charge < -0.3 is 14.8 Å². The molecule has 2 atom stereocenters. The Bertz CT molecular complexity index is 381. The van der Waals surface area contributed by atoms with Crippen molar-refractivity contribution in [2.75, 3.05) is 25.6 Å². The van der Waals surface area contributed by atoms with E-state index in [4.69, 9.17) is 9.47 Å². The molecule has 0 aliphatic heterocycles. The molecule has 0 amide bonds. The highest BCUT2D eigenvalue weighted by Gasteiger charge is 2.21. The highest BCUT2D eigenvalue weighted by atomic mass is 16.5. The molecule has 3 nitrogen and oxygen atoms in total. The lowest BCUT2D eigenvalue weighted by Crippen LogP contribution is -2.28. The minimum Gasteiger partial charge on any atom is -0.383 e. The van der Waals surface area contributed by atoms with Crippen LogP contribution in [0.3, 0.4) is 0 Å². The summed E-state index contributed by atoms with van der Waals surface area (Å²) in [6, 6.07) is 8.34. The molecule has 3 heteroatoms. The zero-order valence-corrected chi connectivity index (χ0v) is 12.0. The van der Waals surface area contributed by atoms with Crippen molar-refractivity contribution in [1.82, 2.24) is 0 Å². The minimum absolute atomic E-state index is 0.373. The monoisotopic (exact) mass is 263 g/mol. The highest BCUT2D eigenvalue weighted by molar-refractivity contribution is 5.50. The molecule has 0 saturated heterocycles. The number of methoxy groups -OCH3 is 1. The van der Waals surface area contributed by atoms with Gasteiger partial charge in [0.15, 0.2) is 0 Å². The van der Waals surface area contributed by atoms with Crippen molar-refractivity contribution in [1.29, 1.82) is 0 Å². The van der Waals surface area contributed by atoms with Gasteiger partial charge in [-0.15, -0.1) is 0 Å². The number of hydrogen-bond acceptors (Lipinski definition) is 3. The van der Waals surface area contributed by atoms with Gasteiger partial charge in [0.2, 0.25) is 0 Å². The molecule has 1 aliphatic rings. The van der Waals surface area contributed by atoms with E-state index < -0.39 is 0 Å². The Labute approximate surface area is 116 Å². The van der Waals surface area contributed by atoms with Crippen molar-refractivity contribution in [3.8, 4) is 0 Å². The number of anilines is 1. The van der Waals surface area contributed by atoms with Gasteiger partial charge in [0.1, 0.15) is 0 Å². The van der Waals surface area contributed by atoms with Gasteiger partial charge in [0.05, 0.1) is 18.8 Å². The van der Waals surface area contributed by atoms with Gasteiger partial charge in [-0.3, -0.25) is 0 Å². The third kappa shape index (κ3) is 4.51. The third-order valence-corrected chi connectivity index (χ3v) is 3.83. The van der Waals surface area contributed by atoms with E-state index in [2.05, 4.69) is 36.5 Å². The molecule has 1 aliphatic carbocycles. The summed E-state index contributed by atoms with van der Waals surface area (Å²) in [5, 5.41) is 3.42. The van der Waals surface area contributed by atoms with Crippen LogP contribution in [0, 0.1) is 6.92 Å². The molecule has 1 fully saturated rings. The van der Waals surface area contributed by atoms with E-state index in [1.54, 1.807) is 7.11 Å². The van der Waals surface area contributed by atoms with E-state index >= 15 is 0 Å². The standard InChI is InChI=1S/C16H25NO2/c1-13-6-3-4-9-16(13)17-10-11-19-15-8-5-7-14(12-15)18-2/h3-4,6,9,14-15,17H,5,7-8,10-12H2,1-2H3. The predicted octanol–water partition coefficient (Wildman–Crippen LogP) is 3.38. The molecular formula is C16H25NO2. The van der Waals surface area contributed by atoms with Gasteiger partial charge in [0, 0.05) is 19.3 Å². The fourth-order valence-electron chi connectivity index (χ4n) is 2.65. The first kappa shape index (κ1) is 14.4. The summed E-state index contributed by atoms with van der Waals surface area (Å²) in [5.74, 6) is 0. The van der Waals surface area contributed by atoms with Crippen molar-refractivity contribution >= 4 is 5.69 Å². The first-order valence-corrected chi connectivity index (χ1v) is 7.23. The summed E-state index contributed by atoms with van der Waals surface area (Å²) in [4.78, 5) is 0. The molecule has 1 N–H and O–H groups in total. The number of hydrogen-bond donors (Lipinski definition) is 1. The lowest BCUT2D eigenvalue weighted by atomic mass is 9.95. The van der Waals surface area contributed by atoms with Crippen molar-refractivity contribution < 1.29 is 9.47 Å². The van der Waals surface area contributed by atoms with Gasteiger partial charge in [0.25, 0.3) is 0 Å². The second-order valence-electron chi connectivity index (χ2n) is 5.26. The van der Waals surface area contributed by atoms with Crippen LogP contribution >= 0.6 is 0 Å². The third-order valence-electron chi connectivity index (χ3n) is 3.83. The van der Waals surface area contributed by atoms with Crippen LogP contribution in [0.5, 0.6) is 0 Å². The van der Waals surface area contributed by atoms with Crippen molar-refractivity contribution in [2.45, 2.75) is 44.8 Å². The molecule has 0 spiro atoms. The van der Waals surface area contributed by atoms with Crippen LogP contribution in [0.15, 0.2) is 24.3 Å². The Kier molecular flexibility index (Phi) is 5.67. The molecule has 1 aromatic carbocycles. The van der Waals surface area contributed by atoms with Crippen molar-refractivity contribution in [2.24, 2.45) is 0 Å². The van der Waals surface area contributed by atoms with Crippen LogP contribution < -0.4 is 5.32 Å². The first-order valence-electron chi connectivity index (χ1n) is 7.23. The van der Waals surface area contributed by atoms with Crippen molar-refractivity contribution in [3.05, 3.63) is 29.8 Å². The Hall–Kier alpha value is -1.06. The molecule has 0 radical (unpaired) electrons. The lowest BCUT2D eigenvalue weighted by molar-refractivity contribution is -0.0261. The maximum atomic E-state index is 5.93. The fraction of sp³-hybridized carbons (Fsp3) is 0.625. The minimum atomic E-state index is 0.373. The number of nitrogens with one attached hydrogen (secondary N) is 1. The molecule has 2 unspecified atom stereocenters. The summed E-state index contributed by atoms with van der Waals surface area (Å²) in [5.41, 5.74) is 2.48. The van der Waals surface area contributed by atoms with Crippen LogP contribution in [0.2, 0.25) is 0 Å². The molecular weight excluding hydrogens is 238 g/mol. The summed E-state index contributed by atoms with van der Waals surface area (Å²) in [6.45, 7) is 3.74. The van der Waals surface area contributed by atoms with Gasteiger partial charge >= 0.3 is 0 Å². The molecule has 0 heterocycles. The normalized spacial score (nSPS) is 23.3. The van der Waals surface area contributed by atoms with Gasteiger partial charge in [-0.2, -0.15) is 0 Å². The quantitative estimate of drug-likeness (QED) is 0.798. The molecule has 0 aromatic heterocycles. The number of benzene rings is 1. The van der Waals surface area contributed by atoms with Gasteiger partial charge in [-0.05, 0) is 44.2 Å². The zero-order valence-electron chi connectivity index (χ0n) is 12.0. The van der Waals surface area contributed by atoms with E-state index in [9.17, 15) is 0 Å². The van der Waals surface area contributed by atoms with Gasteiger partial charge in [-0.1, -0.05) is 18.2 Å². The number of aryl methyl sites for hydroxylation is 1. The van der Waals surface area contributed by atoms with E-state index in [-0.39, 0.29) is 0 Å². The molecule has 1 aromatic rings. The molecule has 106 valence electrons. The predicted molar refractivity (Wildman–Crippen MR) is 78.7 cm³/mol. The van der Waals surface area contributed by atoms with E-state index in [1.807, 2.05) is 0 Å². The molecule has 1 saturated carbocycles. The SMILES string of the molecule is COC1CCCC(OCCNc2ccccc2C)C1. The molecule has 2 rings (SSSR count). The van der Waals surface area contributed by atoms with Crippen molar-refractivity contribution in [3.63, 3.8) is 0 Å². The summed E-state index contributed by atoms with van der Waals surface area (Å²) < 4.78 is 11.4. The average Bonchev–Trinajstić information content (AvgIpc) is 2.45. The maximum absolute atomic E-state index is 5.93. The fourth-order valence-corrected chi connectivity index (χ4v) is 2.65. The second kappa shape index (κ2) is 7.51. The maximum Gasteiger partial charge on any atom is 0.0642 e. The van der Waals surface area contributed by atoms with Crippen LogP contribution in [-0.4, -0.2) is 32.5 Å². The number of para-hydroxylation sites is 1. The van der Waals surface area contributed by atoms with Crippen LogP contribution in [-0.2, 0) is 9.47 Å². The summed E-state index contributed by atoms with van der Waals surface area (Å²) in [7, 11) is 1.80. The highest BCUT2D eigenvalue weighted by Crippen LogP contribution is 2.23. The summed E-state index contributed by atoms with van der Waals surface area (Å²) >= 11 is 0. The Morgan fingerprint density at radius 1 is 1.21 bits per heavy atom. The van der Waals surface area contributed by atoms with E-state index in [0.717, 1.165) is 19.6 Å². The van der Waals surface area contributed by atoms with Crippen LogP contribution in [0.1, 0.15) is 31.2 Å². The van der Waals surface area contributed by atoms with E-state index in [1.165, 1.54) is 30.5 Å². The Balaban J connectivity index is 1.65. The summed E-state index contributed by atoms with van der Waals surface area (Å²) in [6.07, 6.45) is 5.37. The second-order valence-corrected chi connectivity index (χ2v) is 5.26. The zero-order chi connectivity index (χ0) is 13.5. The lowest BCUT2D eigenvalue weighted by Gasteiger charge is -2.28. The van der Waals surface area contributed by atoms with Gasteiger partial charge in [-0.25, -0.2) is 0 Å². The topological polar surface area (TPSA) is 30.5 Å². The number of ether oxygens (including phenoxy) is 2. The largest absolute Gasteiger partial charge is 0.383 e. The Morgan fingerprint density at radius 3 is 2.79 bits per heavy atom. The smallest absolute Gasteiger partial charge is 0.0642 e. The number of rotatable bonds is 6. The molecule has 19 heavy (non-hydrogen) atoms. The van der Waals surface area contributed by atoms with Crippen LogP contribution in [0.4, 0.5) is 5.69 Å².